The summed E-state index contributed by atoms with van der Waals surface area (Å²) in [6.45, 7) is 1.28. The number of hydrogen-bond acceptors (Lipinski definition) is 4. The van der Waals surface area contributed by atoms with Gasteiger partial charge in [-0.15, -0.1) is 0 Å². The molecule has 2 N–H and O–H groups in total. The normalized spacial score (nSPS) is 16.0. The number of amides is 2. The summed E-state index contributed by atoms with van der Waals surface area (Å²) in [6, 6.07) is 12.3. The van der Waals surface area contributed by atoms with Crippen LogP contribution in [0.3, 0.4) is 0 Å². The van der Waals surface area contributed by atoms with E-state index in [-0.39, 0.29) is 25.0 Å². The molecule has 7 heteroatoms. The minimum absolute atomic E-state index is 0.00166. The maximum atomic E-state index is 13.2. The van der Waals surface area contributed by atoms with Gasteiger partial charge in [0.25, 0.3) is 5.91 Å². The Balaban J connectivity index is 1.76. The summed E-state index contributed by atoms with van der Waals surface area (Å²) in [5.74, 6) is -0.685. The average molecular weight is 386 g/mol. The van der Waals surface area contributed by atoms with Crippen LogP contribution >= 0.6 is 0 Å². The summed E-state index contributed by atoms with van der Waals surface area (Å²) in [7, 11) is 0. The van der Waals surface area contributed by atoms with Gasteiger partial charge in [-0.3, -0.25) is 9.59 Å². The van der Waals surface area contributed by atoms with Crippen molar-refractivity contribution in [2.75, 3.05) is 24.7 Å². The second-order valence-corrected chi connectivity index (χ2v) is 6.62. The number of nitrogens with two attached hydrogens (primary N) is 1. The van der Waals surface area contributed by atoms with E-state index in [1.807, 2.05) is 0 Å². The molecule has 0 saturated carbocycles. The molecule has 1 atom stereocenters. The van der Waals surface area contributed by atoms with Gasteiger partial charge < -0.3 is 20.1 Å². The van der Waals surface area contributed by atoms with Crippen molar-refractivity contribution in [3.8, 4) is 5.75 Å². The molecule has 1 aliphatic rings. The van der Waals surface area contributed by atoms with Crippen LogP contribution in [-0.4, -0.2) is 37.7 Å². The first kappa shape index (κ1) is 19.8. The van der Waals surface area contributed by atoms with Crippen LogP contribution in [0.4, 0.5) is 10.1 Å². The van der Waals surface area contributed by atoms with Crippen molar-refractivity contribution in [3.63, 3.8) is 0 Å². The Morgan fingerprint density at radius 3 is 2.68 bits per heavy atom. The smallest absolute Gasteiger partial charge is 0.258 e. The Morgan fingerprint density at radius 1 is 1.21 bits per heavy atom. The van der Waals surface area contributed by atoms with E-state index in [9.17, 15) is 14.0 Å². The van der Waals surface area contributed by atoms with Crippen LogP contribution in [0.1, 0.15) is 29.6 Å². The van der Waals surface area contributed by atoms with Gasteiger partial charge in [-0.25, -0.2) is 4.39 Å². The van der Waals surface area contributed by atoms with Crippen LogP contribution < -0.4 is 15.4 Å². The fourth-order valence-electron chi connectivity index (χ4n) is 3.03. The fraction of sp³-hybridized carbons (Fsp3) is 0.333. The molecule has 3 rings (SSSR count). The summed E-state index contributed by atoms with van der Waals surface area (Å²) in [5, 5.41) is 0. The van der Waals surface area contributed by atoms with Crippen molar-refractivity contribution in [2.24, 2.45) is 5.73 Å². The van der Waals surface area contributed by atoms with Crippen LogP contribution in [0.25, 0.3) is 0 Å². The molecular weight excluding hydrogens is 363 g/mol. The number of halogens is 1. The van der Waals surface area contributed by atoms with Crippen molar-refractivity contribution in [2.45, 2.75) is 25.4 Å². The second kappa shape index (κ2) is 9.32. The lowest BCUT2D eigenvalue weighted by Crippen LogP contribution is -2.34. The van der Waals surface area contributed by atoms with Crippen LogP contribution in [0, 0.1) is 5.82 Å². The zero-order valence-corrected chi connectivity index (χ0v) is 15.5. The molecule has 1 heterocycles. The lowest BCUT2D eigenvalue weighted by atomic mass is 10.1. The fourth-order valence-corrected chi connectivity index (χ4v) is 3.03. The van der Waals surface area contributed by atoms with Gasteiger partial charge in [-0.1, -0.05) is 6.07 Å². The van der Waals surface area contributed by atoms with Gasteiger partial charge >= 0.3 is 0 Å². The number of anilines is 1. The summed E-state index contributed by atoms with van der Waals surface area (Å²) >= 11 is 0. The zero-order valence-electron chi connectivity index (χ0n) is 15.5. The van der Waals surface area contributed by atoms with E-state index in [4.69, 9.17) is 15.2 Å². The number of benzene rings is 2. The van der Waals surface area contributed by atoms with Crippen molar-refractivity contribution >= 4 is 17.5 Å². The number of carbonyl (C=O) groups is 2. The molecule has 6 nitrogen and oxygen atoms in total. The summed E-state index contributed by atoms with van der Waals surface area (Å²) in [6.07, 6.45) is 2.06. The molecule has 0 radical (unpaired) electrons. The lowest BCUT2D eigenvalue weighted by Gasteiger charge is -2.23. The van der Waals surface area contributed by atoms with E-state index in [2.05, 4.69) is 0 Å². The van der Waals surface area contributed by atoms with Gasteiger partial charge in [-0.2, -0.15) is 0 Å². The van der Waals surface area contributed by atoms with E-state index in [0.29, 0.717) is 23.6 Å². The molecule has 1 aliphatic heterocycles. The molecule has 0 spiro atoms. The molecule has 0 aliphatic carbocycles. The van der Waals surface area contributed by atoms with Crippen molar-refractivity contribution in [1.82, 2.24) is 0 Å². The minimum atomic E-state index is -0.520. The SMILES string of the molecule is NC(=O)CCN(C(=O)c1cccc(OCC2CCCO2)c1)c1ccc(F)cc1. The third-order valence-corrected chi connectivity index (χ3v) is 4.51. The number of ether oxygens (including phenoxy) is 2. The van der Waals surface area contributed by atoms with Crippen LogP contribution in [0.2, 0.25) is 0 Å². The third kappa shape index (κ3) is 5.29. The monoisotopic (exact) mass is 386 g/mol. The Morgan fingerprint density at radius 2 is 2.00 bits per heavy atom. The van der Waals surface area contributed by atoms with Gasteiger partial charge in [0.05, 0.1) is 6.10 Å². The first-order chi connectivity index (χ1) is 13.5. The van der Waals surface area contributed by atoms with E-state index in [1.54, 1.807) is 24.3 Å². The van der Waals surface area contributed by atoms with Crippen molar-refractivity contribution < 1.29 is 23.5 Å². The molecule has 0 aromatic heterocycles. The van der Waals surface area contributed by atoms with Crippen LogP contribution in [-0.2, 0) is 9.53 Å². The van der Waals surface area contributed by atoms with Crippen LogP contribution in [0.5, 0.6) is 5.75 Å². The van der Waals surface area contributed by atoms with Gasteiger partial charge in [0.1, 0.15) is 18.2 Å². The van der Waals surface area contributed by atoms with Gasteiger partial charge in [0.2, 0.25) is 5.91 Å². The summed E-state index contributed by atoms with van der Waals surface area (Å²) in [5.41, 5.74) is 6.12. The highest BCUT2D eigenvalue weighted by atomic mass is 19.1. The number of carbonyl (C=O) groups excluding carboxylic acids is 2. The second-order valence-electron chi connectivity index (χ2n) is 6.62. The highest BCUT2D eigenvalue weighted by molar-refractivity contribution is 6.06. The molecule has 148 valence electrons. The molecule has 1 saturated heterocycles. The van der Waals surface area contributed by atoms with Crippen molar-refractivity contribution in [1.29, 1.82) is 0 Å². The Kier molecular flexibility index (Phi) is 6.60. The molecule has 0 bridgehead atoms. The molecule has 1 unspecified atom stereocenters. The predicted octanol–water partition coefficient (Wildman–Crippen LogP) is 2.91. The molecule has 1 fully saturated rings. The Bertz CT molecular complexity index is 819. The molecule has 2 aromatic carbocycles. The van der Waals surface area contributed by atoms with Gasteiger partial charge in [0.15, 0.2) is 0 Å². The zero-order chi connectivity index (χ0) is 19.9. The average Bonchev–Trinajstić information content (AvgIpc) is 3.21. The van der Waals surface area contributed by atoms with Crippen molar-refractivity contribution in [3.05, 3.63) is 59.9 Å². The highest BCUT2D eigenvalue weighted by Gasteiger charge is 2.20. The largest absolute Gasteiger partial charge is 0.491 e. The summed E-state index contributed by atoms with van der Waals surface area (Å²) < 4.78 is 24.5. The van der Waals surface area contributed by atoms with Gasteiger partial charge in [-0.05, 0) is 55.3 Å². The first-order valence-electron chi connectivity index (χ1n) is 9.23. The molecule has 2 amide bonds. The van der Waals surface area contributed by atoms with Crippen LogP contribution in [0.15, 0.2) is 48.5 Å². The summed E-state index contributed by atoms with van der Waals surface area (Å²) in [4.78, 5) is 25.7. The quantitative estimate of drug-likeness (QED) is 0.756. The van der Waals surface area contributed by atoms with E-state index in [1.165, 1.54) is 29.2 Å². The first-order valence-corrected chi connectivity index (χ1v) is 9.23. The molecule has 2 aromatic rings. The number of primary amides is 1. The maximum absolute atomic E-state index is 13.2. The molecular formula is C21H23FN2O4. The topological polar surface area (TPSA) is 81.9 Å². The van der Waals surface area contributed by atoms with E-state index >= 15 is 0 Å². The minimum Gasteiger partial charge on any atom is -0.491 e. The maximum Gasteiger partial charge on any atom is 0.258 e. The number of hydrogen-bond donors (Lipinski definition) is 1. The van der Waals surface area contributed by atoms with E-state index < -0.39 is 11.7 Å². The Labute approximate surface area is 163 Å². The van der Waals surface area contributed by atoms with Gasteiger partial charge in [0, 0.05) is 30.8 Å². The molecule has 28 heavy (non-hydrogen) atoms. The standard InChI is InChI=1S/C21H23FN2O4/c22-16-6-8-17(9-7-16)24(11-10-20(23)25)21(26)15-3-1-4-18(13-15)28-14-19-5-2-12-27-19/h1,3-4,6-9,13,19H,2,5,10-12,14H2,(H2,23,25). The highest BCUT2D eigenvalue weighted by Crippen LogP contribution is 2.22. The third-order valence-electron chi connectivity index (χ3n) is 4.51. The Hall–Kier alpha value is -2.93. The number of rotatable bonds is 8. The predicted molar refractivity (Wildman–Crippen MR) is 103 cm³/mol. The van der Waals surface area contributed by atoms with E-state index in [0.717, 1.165) is 19.4 Å². The number of nitrogens with zero attached hydrogens (tertiary/aromatic N) is 1. The lowest BCUT2D eigenvalue weighted by molar-refractivity contribution is -0.117.